The fraction of sp³-hybridized carbons (Fsp3) is 0.364. The quantitative estimate of drug-likeness (QED) is 0.552. The molecule has 1 aromatic carbocycles. The summed E-state index contributed by atoms with van der Waals surface area (Å²) in [7, 11) is -4.06. The number of carbonyl (C=O) groups excluding carboxylic acids is 1. The number of hydrogen-bond donors (Lipinski definition) is 3. The van der Waals surface area contributed by atoms with Gasteiger partial charge in [0.1, 0.15) is 10.7 Å². The van der Waals surface area contributed by atoms with Gasteiger partial charge in [-0.15, -0.1) is 4.83 Å². The van der Waals surface area contributed by atoms with Crippen LogP contribution >= 0.6 is 11.6 Å². The van der Waals surface area contributed by atoms with Crippen LogP contribution in [0.2, 0.25) is 5.02 Å². The first-order chi connectivity index (χ1) is 9.31. The highest BCUT2D eigenvalue weighted by Crippen LogP contribution is 2.35. The Balaban J connectivity index is 2.27. The van der Waals surface area contributed by atoms with Crippen LogP contribution in [-0.4, -0.2) is 37.4 Å². The van der Waals surface area contributed by atoms with E-state index in [1.165, 1.54) is 17.1 Å². The number of piperidine rings is 1. The number of Topliss-reactive ketones (excluding diaryl/α,β-unsaturated/α-hetero) is 1. The van der Waals surface area contributed by atoms with Gasteiger partial charge in [-0.05, 0) is 12.1 Å². The molecular formula is C11H14ClN3O4S. The highest BCUT2D eigenvalue weighted by molar-refractivity contribution is 7.89. The fourth-order valence-corrected chi connectivity index (χ4v) is 3.65. The van der Waals surface area contributed by atoms with Gasteiger partial charge in [0.15, 0.2) is 5.75 Å². The molecule has 0 unspecified atom stereocenters. The molecule has 1 saturated heterocycles. The topological polar surface area (TPSA) is 113 Å². The number of nitrogens with two attached hydrogens (primary N) is 1. The number of phenolic OH excluding ortho intramolecular Hbond substituents is 1. The van der Waals surface area contributed by atoms with Crippen LogP contribution in [0.1, 0.15) is 12.8 Å². The first-order valence-corrected chi connectivity index (χ1v) is 7.73. The van der Waals surface area contributed by atoms with Crippen LogP contribution in [0.25, 0.3) is 0 Å². The zero-order valence-corrected chi connectivity index (χ0v) is 12.0. The van der Waals surface area contributed by atoms with Crippen molar-refractivity contribution in [3.8, 4) is 5.75 Å². The molecule has 1 aromatic rings. The minimum atomic E-state index is -4.06. The summed E-state index contributed by atoms with van der Waals surface area (Å²) in [6.45, 7) is 0.553. The Hall–Kier alpha value is -1.35. The number of nitrogen functional groups attached to an aromatic ring is 1. The Bertz CT molecular complexity index is 637. The van der Waals surface area contributed by atoms with E-state index in [4.69, 9.17) is 17.3 Å². The monoisotopic (exact) mass is 319 g/mol. The summed E-state index contributed by atoms with van der Waals surface area (Å²) in [5.41, 5.74) is 5.40. The molecule has 7 nitrogen and oxygen atoms in total. The van der Waals surface area contributed by atoms with Crippen LogP contribution in [0, 0.1) is 0 Å². The molecule has 0 bridgehead atoms. The lowest BCUT2D eigenvalue weighted by molar-refractivity contribution is -0.121. The summed E-state index contributed by atoms with van der Waals surface area (Å²) < 4.78 is 24.5. The second-order valence-corrected chi connectivity index (χ2v) is 6.44. The Kier molecular flexibility index (Phi) is 4.19. The lowest BCUT2D eigenvalue weighted by Gasteiger charge is -2.26. The van der Waals surface area contributed by atoms with Gasteiger partial charge < -0.3 is 10.8 Å². The molecule has 0 radical (unpaired) electrons. The number of sulfonamides is 1. The fourth-order valence-electron chi connectivity index (χ4n) is 1.88. The lowest BCUT2D eigenvalue weighted by atomic mass is 10.1. The summed E-state index contributed by atoms with van der Waals surface area (Å²) in [4.78, 5) is 12.9. The molecule has 1 aliphatic rings. The second kappa shape index (κ2) is 5.57. The van der Waals surface area contributed by atoms with E-state index >= 15 is 0 Å². The van der Waals surface area contributed by atoms with Gasteiger partial charge in [0.2, 0.25) is 0 Å². The predicted molar refractivity (Wildman–Crippen MR) is 73.7 cm³/mol. The Morgan fingerprint density at radius 2 is 1.90 bits per heavy atom. The molecule has 1 heterocycles. The maximum absolute atomic E-state index is 12.2. The van der Waals surface area contributed by atoms with Crippen molar-refractivity contribution in [3.63, 3.8) is 0 Å². The van der Waals surface area contributed by atoms with Gasteiger partial charge in [-0.1, -0.05) is 11.6 Å². The number of nitrogens with one attached hydrogen (secondary N) is 1. The molecule has 0 spiro atoms. The number of halogens is 1. The molecule has 0 aliphatic carbocycles. The first kappa shape index (κ1) is 15.0. The van der Waals surface area contributed by atoms with Crippen molar-refractivity contribution in [2.24, 2.45) is 0 Å². The smallest absolute Gasteiger partial charge is 0.258 e. The molecule has 1 fully saturated rings. The summed E-state index contributed by atoms with van der Waals surface area (Å²) >= 11 is 5.82. The van der Waals surface area contributed by atoms with E-state index < -0.39 is 20.7 Å². The number of aromatic hydroxyl groups is 1. The van der Waals surface area contributed by atoms with Crippen molar-refractivity contribution < 1.29 is 18.3 Å². The minimum Gasteiger partial charge on any atom is -0.504 e. The van der Waals surface area contributed by atoms with Gasteiger partial charge in [0.25, 0.3) is 10.0 Å². The summed E-state index contributed by atoms with van der Waals surface area (Å²) in [6, 6.07) is 2.61. The van der Waals surface area contributed by atoms with Crippen molar-refractivity contribution in [1.82, 2.24) is 9.84 Å². The Morgan fingerprint density at radius 3 is 2.50 bits per heavy atom. The van der Waals surface area contributed by atoms with Gasteiger partial charge in [-0.3, -0.25) is 4.79 Å². The number of rotatable bonds is 3. The molecule has 4 N–H and O–H groups in total. The van der Waals surface area contributed by atoms with Crippen LogP contribution in [0.4, 0.5) is 5.69 Å². The van der Waals surface area contributed by atoms with Gasteiger partial charge in [-0.2, -0.15) is 0 Å². The van der Waals surface area contributed by atoms with E-state index in [1.807, 2.05) is 0 Å². The summed E-state index contributed by atoms with van der Waals surface area (Å²) in [5.74, 6) is -0.497. The van der Waals surface area contributed by atoms with E-state index in [0.717, 1.165) is 0 Å². The average molecular weight is 320 g/mol. The summed E-state index contributed by atoms with van der Waals surface area (Å²) in [5, 5.41) is 11.1. The third kappa shape index (κ3) is 3.04. The van der Waals surface area contributed by atoms with Crippen LogP contribution < -0.4 is 10.6 Å². The third-order valence-corrected chi connectivity index (χ3v) is 4.83. The number of benzene rings is 1. The normalized spacial score (nSPS) is 17.4. The molecule has 2 rings (SSSR count). The van der Waals surface area contributed by atoms with Crippen LogP contribution in [0.15, 0.2) is 17.0 Å². The SMILES string of the molecule is Nc1ccc(Cl)c(S(=O)(=O)NN2CCC(=O)CC2)c1O. The zero-order valence-electron chi connectivity index (χ0n) is 10.5. The predicted octanol–water partition coefficient (Wildman–Crippen LogP) is 0.486. The molecule has 0 amide bonds. The number of phenols is 1. The minimum absolute atomic E-state index is 0.0800. The molecule has 1 aliphatic heterocycles. The molecule has 9 heteroatoms. The van der Waals surface area contributed by atoms with Crippen molar-refractivity contribution in [2.45, 2.75) is 17.7 Å². The molecule has 0 aromatic heterocycles. The number of hydrogen-bond acceptors (Lipinski definition) is 6. The van der Waals surface area contributed by atoms with E-state index in [9.17, 15) is 18.3 Å². The highest BCUT2D eigenvalue weighted by Gasteiger charge is 2.27. The molecule has 20 heavy (non-hydrogen) atoms. The van der Waals surface area contributed by atoms with Gasteiger partial charge in [-0.25, -0.2) is 13.4 Å². The van der Waals surface area contributed by atoms with E-state index in [0.29, 0.717) is 0 Å². The summed E-state index contributed by atoms with van der Waals surface area (Å²) in [6.07, 6.45) is 0.554. The maximum Gasteiger partial charge on any atom is 0.258 e. The van der Waals surface area contributed by atoms with Crippen LogP contribution in [-0.2, 0) is 14.8 Å². The number of ketones is 1. The first-order valence-electron chi connectivity index (χ1n) is 5.87. The molecule has 110 valence electrons. The average Bonchev–Trinajstić information content (AvgIpc) is 2.37. The van der Waals surface area contributed by atoms with Crippen LogP contribution in [0.5, 0.6) is 5.75 Å². The van der Waals surface area contributed by atoms with E-state index in [2.05, 4.69) is 4.83 Å². The van der Waals surface area contributed by atoms with Crippen molar-refractivity contribution in [3.05, 3.63) is 17.2 Å². The Morgan fingerprint density at radius 1 is 1.30 bits per heavy atom. The van der Waals surface area contributed by atoms with E-state index in [-0.39, 0.29) is 42.4 Å². The number of hydrazine groups is 1. The lowest BCUT2D eigenvalue weighted by Crippen LogP contribution is -2.46. The second-order valence-electron chi connectivity index (χ2n) is 4.43. The van der Waals surface area contributed by atoms with Gasteiger partial charge >= 0.3 is 0 Å². The highest BCUT2D eigenvalue weighted by atomic mass is 35.5. The van der Waals surface area contributed by atoms with Crippen molar-refractivity contribution in [2.75, 3.05) is 18.8 Å². The van der Waals surface area contributed by atoms with Crippen molar-refractivity contribution in [1.29, 1.82) is 0 Å². The number of anilines is 1. The molecular weight excluding hydrogens is 306 g/mol. The molecule has 0 atom stereocenters. The third-order valence-electron chi connectivity index (χ3n) is 2.95. The van der Waals surface area contributed by atoms with Gasteiger partial charge in [0, 0.05) is 25.9 Å². The van der Waals surface area contributed by atoms with E-state index in [1.54, 1.807) is 0 Å². The Labute approximate surface area is 121 Å². The number of carbonyl (C=O) groups is 1. The molecule has 0 saturated carbocycles. The standard InChI is InChI=1S/C11H14ClN3O4S/c12-8-1-2-9(13)10(17)11(8)20(18,19)14-15-5-3-7(16)4-6-15/h1-2,14,17H,3-6,13H2. The van der Waals surface area contributed by atoms with Crippen molar-refractivity contribution >= 4 is 33.1 Å². The zero-order chi connectivity index (χ0) is 14.9. The van der Waals surface area contributed by atoms with Gasteiger partial charge in [0.05, 0.1) is 10.7 Å². The van der Waals surface area contributed by atoms with Crippen LogP contribution in [0.3, 0.4) is 0 Å². The number of nitrogens with zero attached hydrogens (tertiary/aromatic N) is 1. The largest absolute Gasteiger partial charge is 0.504 e. The maximum atomic E-state index is 12.2.